The lowest BCUT2D eigenvalue weighted by atomic mass is 9.78. The van der Waals surface area contributed by atoms with Crippen LogP contribution >= 0.6 is 0 Å². The number of halogens is 3. The molecule has 0 bridgehead atoms. The summed E-state index contributed by atoms with van der Waals surface area (Å²) >= 11 is 0. The van der Waals surface area contributed by atoms with Gasteiger partial charge in [0.1, 0.15) is 0 Å². The van der Waals surface area contributed by atoms with E-state index in [4.69, 9.17) is 5.26 Å². The smallest absolute Gasteiger partial charge is 0.349 e. The molecular formula is C18H17F3N4O. The second kappa shape index (κ2) is 6.83. The topological polar surface area (TPSA) is 70.7 Å². The van der Waals surface area contributed by atoms with Crippen molar-refractivity contribution in [2.24, 2.45) is 5.92 Å². The molecule has 1 aromatic carbocycles. The molecule has 2 aromatic rings. The van der Waals surface area contributed by atoms with Gasteiger partial charge in [-0.05, 0) is 49.9 Å². The number of rotatable bonds is 4. The van der Waals surface area contributed by atoms with Gasteiger partial charge in [-0.2, -0.15) is 23.5 Å². The van der Waals surface area contributed by atoms with Gasteiger partial charge in [-0.15, -0.1) is 0 Å². The maximum absolute atomic E-state index is 12.7. The van der Waals surface area contributed by atoms with Crippen LogP contribution in [0.3, 0.4) is 0 Å². The maximum Gasteiger partial charge on any atom is 0.416 e. The summed E-state index contributed by atoms with van der Waals surface area (Å²) in [6.45, 7) is 1.69. The van der Waals surface area contributed by atoms with E-state index in [2.05, 4.69) is 16.5 Å². The van der Waals surface area contributed by atoms with E-state index in [1.165, 1.54) is 23.0 Å². The van der Waals surface area contributed by atoms with Crippen molar-refractivity contribution in [1.29, 1.82) is 5.26 Å². The highest BCUT2D eigenvalue weighted by atomic mass is 19.4. The highest BCUT2D eigenvalue weighted by molar-refractivity contribution is 5.95. The molecule has 0 radical (unpaired) electrons. The van der Waals surface area contributed by atoms with E-state index in [0.717, 1.165) is 25.0 Å². The number of carbonyl (C=O) groups excluding carboxylic acids is 1. The summed E-state index contributed by atoms with van der Waals surface area (Å²) in [7, 11) is 0. The number of hydrogen-bond donors (Lipinski definition) is 1. The van der Waals surface area contributed by atoms with Gasteiger partial charge in [-0.3, -0.25) is 4.79 Å². The normalized spacial score (nSPS) is 19.5. The fourth-order valence-corrected chi connectivity index (χ4v) is 3.10. The number of carbonyl (C=O) groups is 1. The SMILES string of the molecule is Cc1c(C(=O)NC2CC(CC#N)C2)cnn1-c1ccc(C(F)(F)F)cc1. The van der Waals surface area contributed by atoms with Gasteiger partial charge in [-0.1, -0.05) is 0 Å². The molecule has 1 amide bonds. The molecule has 136 valence electrons. The number of alkyl halides is 3. The summed E-state index contributed by atoms with van der Waals surface area (Å²) in [5, 5.41) is 15.7. The molecule has 1 N–H and O–H groups in total. The van der Waals surface area contributed by atoms with Gasteiger partial charge in [0.2, 0.25) is 0 Å². The van der Waals surface area contributed by atoms with Gasteiger partial charge in [0.25, 0.3) is 5.91 Å². The second-order valence-electron chi connectivity index (χ2n) is 6.47. The highest BCUT2D eigenvalue weighted by Crippen LogP contribution is 2.31. The van der Waals surface area contributed by atoms with Crippen molar-refractivity contribution >= 4 is 5.91 Å². The summed E-state index contributed by atoms with van der Waals surface area (Å²) in [6.07, 6.45) is -0.920. The van der Waals surface area contributed by atoms with Gasteiger partial charge in [0.05, 0.1) is 34.8 Å². The molecule has 1 heterocycles. The first kappa shape index (κ1) is 18.0. The van der Waals surface area contributed by atoms with E-state index in [1.54, 1.807) is 6.92 Å². The van der Waals surface area contributed by atoms with Crippen molar-refractivity contribution in [3.63, 3.8) is 0 Å². The van der Waals surface area contributed by atoms with Crippen molar-refractivity contribution in [1.82, 2.24) is 15.1 Å². The Labute approximate surface area is 148 Å². The predicted octanol–water partition coefficient (Wildman–Crippen LogP) is 3.62. The van der Waals surface area contributed by atoms with Crippen LogP contribution in [0.4, 0.5) is 13.2 Å². The summed E-state index contributed by atoms with van der Waals surface area (Å²) in [4.78, 5) is 12.4. The van der Waals surface area contributed by atoms with Gasteiger partial charge < -0.3 is 5.32 Å². The van der Waals surface area contributed by atoms with Crippen LogP contribution in [-0.4, -0.2) is 21.7 Å². The number of nitrogens with one attached hydrogen (secondary N) is 1. The predicted molar refractivity (Wildman–Crippen MR) is 87.5 cm³/mol. The summed E-state index contributed by atoms with van der Waals surface area (Å²) < 4.78 is 39.4. The van der Waals surface area contributed by atoms with E-state index in [0.29, 0.717) is 29.3 Å². The minimum atomic E-state index is -4.39. The van der Waals surface area contributed by atoms with Crippen LogP contribution in [-0.2, 0) is 6.18 Å². The number of aromatic nitrogens is 2. The molecule has 1 aliphatic carbocycles. The first-order valence-electron chi connectivity index (χ1n) is 8.19. The Balaban J connectivity index is 1.70. The van der Waals surface area contributed by atoms with Crippen molar-refractivity contribution in [3.8, 4) is 11.8 Å². The Bertz CT molecular complexity index is 843. The minimum absolute atomic E-state index is 0.0506. The lowest BCUT2D eigenvalue weighted by molar-refractivity contribution is -0.137. The molecular weight excluding hydrogens is 345 g/mol. The molecule has 3 rings (SSSR count). The largest absolute Gasteiger partial charge is 0.416 e. The number of hydrogen-bond acceptors (Lipinski definition) is 3. The standard InChI is InChI=1S/C18H17F3N4O/c1-11-16(17(26)24-14-8-12(9-14)6-7-22)10-23-25(11)15-4-2-13(3-5-15)18(19,20)21/h2-5,10,12,14H,6,8-9H2,1H3,(H,24,26). The molecule has 1 aromatic heterocycles. The number of nitriles is 1. The fourth-order valence-electron chi connectivity index (χ4n) is 3.10. The third kappa shape index (κ3) is 3.57. The van der Waals surface area contributed by atoms with Gasteiger partial charge in [0.15, 0.2) is 0 Å². The van der Waals surface area contributed by atoms with Crippen molar-refractivity contribution < 1.29 is 18.0 Å². The van der Waals surface area contributed by atoms with E-state index in [-0.39, 0.29) is 11.9 Å². The zero-order valence-corrected chi connectivity index (χ0v) is 14.0. The molecule has 1 saturated carbocycles. The van der Waals surface area contributed by atoms with E-state index in [1.807, 2.05) is 0 Å². The highest BCUT2D eigenvalue weighted by Gasteiger charge is 2.31. The molecule has 8 heteroatoms. The van der Waals surface area contributed by atoms with Crippen LogP contribution in [0.15, 0.2) is 30.5 Å². The third-order valence-electron chi connectivity index (χ3n) is 4.64. The summed E-state index contributed by atoms with van der Waals surface area (Å²) in [6, 6.07) is 6.79. The number of nitrogens with zero attached hydrogens (tertiary/aromatic N) is 3. The van der Waals surface area contributed by atoms with Crippen molar-refractivity contribution in [2.75, 3.05) is 0 Å². The van der Waals surface area contributed by atoms with Crippen LogP contribution in [0.5, 0.6) is 0 Å². The minimum Gasteiger partial charge on any atom is -0.349 e. The molecule has 0 saturated heterocycles. The molecule has 1 fully saturated rings. The number of amides is 1. The van der Waals surface area contributed by atoms with Crippen LogP contribution < -0.4 is 5.32 Å². The molecule has 1 aliphatic rings. The Hall–Kier alpha value is -2.82. The number of benzene rings is 1. The summed E-state index contributed by atoms with van der Waals surface area (Å²) in [5.74, 6) is 0.0716. The lowest BCUT2D eigenvalue weighted by Gasteiger charge is -2.34. The Morgan fingerprint density at radius 2 is 2.00 bits per heavy atom. The maximum atomic E-state index is 12.7. The Morgan fingerprint density at radius 1 is 1.35 bits per heavy atom. The fraction of sp³-hybridized carbons (Fsp3) is 0.389. The molecule has 26 heavy (non-hydrogen) atoms. The monoisotopic (exact) mass is 362 g/mol. The van der Waals surface area contributed by atoms with Gasteiger partial charge >= 0.3 is 6.18 Å². The van der Waals surface area contributed by atoms with E-state index in [9.17, 15) is 18.0 Å². The molecule has 0 spiro atoms. The molecule has 0 unspecified atom stereocenters. The zero-order chi connectivity index (χ0) is 18.9. The van der Waals surface area contributed by atoms with Crippen LogP contribution in [0.25, 0.3) is 5.69 Å². The van der Waals surface area contributed by atoms with Crippen LogP contribution in [0, 0.1) is 24.2 Å². The first-order chi connectivity index (χ1) is 12.3. The average molecular weight is 362 g/mol. The Kier molecular flexibility index (Phi) is 4.72. The van der Waals surface area contributed by atoms with Crippen molar-refractivity contribution in [2.45, 2.75) is 38.4 Å². The quantitative estimate of drug-likeness (QED) is 0.903. The molecule has 0 aliphatic heterocycles. The van der Waals surface area contributed by atoms with Gasteiger partial charge in [0, 0.05) is 12.5 Å². The average Bonchev–Trinajstić information content (AvgIpc) is 2.94. The third-order valence-corrected chi connectivity index (χ3v) is 4.64. The second-order valence-corrected chi connectivity index (χ2v) is 6.47. The molecule has 0 atom stereocenters. The first-order valence-corrected chi connectivity index (χ1v) is 8.19. The zero-order valence-electron chi connectivity index (χ0n) is 14.0. The van der Waals surface area contributed by atoms with Gasteiger partial charge in [-0.25, -0.2) is 4.68 Å². The van der Waals surface area contributed by atoms with E-state index >= 15 is 0 Å². The van der Waals surface area contributed by atoms with Crippen LogP contribution in [0.2, 0.25) is 0 Å². The van der Waals surface area contributed by atoms with Crippen molar-refractivity contribution in [3.05, 3.63) is 47.3 Å². The summed E-state index contributed by atoms with van der Waals surface area (Å²) in [5.41, 5.74) is 0.650. The van der Waals surface area contributed by atoms with E-state index < -0.39 is 11.7 Å². The lowest BCUT2D eigenvalue weighted by Crippen LogP contribution is -2.44. The molecule has 5 nitrogen and oxygen atoms in total. The van der Waals surface area contributed by atoms with Crippen LogP contribution in [0.1, 0.15) is 40.9 Å². The Morgan fingerprint density at radius 3 is 2.58 bits per heavy atom.